The van der Waals surface area contributed by atoms with Crippen molar-refractivity contribution in [2.75, 3.05) is 46.3 Å². The summed E-state index contributed by atoms with van der Waals surface area (Å²) < 4.78 is 0. The molecule has 1 aliphatic rings. The maximum absolute atomic E-state index is 12.6. The molecule has 1 fully saturated rings. The van der Waals surface area contributed by atoms with Gasteiger partial charge in [0.2, 0.25) is 0 Å². The second kappa shape index (κ2) is 9.92. The number of carbonyl (C=O) groups excluding carboxylic acids is 2. The molecule has 1 heterocycles. The van der Waals surface area contributed by atoms with Crippen LogP contribution in [0.5, 0.6) is 0 Å². The smallest absolute Gasteiger partial charge is 0.278 e. The molecule has 1 atom stereocenters. The lowest BCUT2D eigenvalue weighted by atomic mass is 10.1. The van der Waals surface area contributed by atoms with Gasteiger partial charge in [0, 0.05) is 11.1 Å². The lowest BCUT2D eigenvalue weighted by molar-refractivity contribution is -0.897. The van der Waals surface area contributed by atoms with Crippen LogP contribution in [0.4, 0.5) is 0 Å². The minimum atomic E-state index is -0.212. The zero-order valence-corrected chi connectivity index (χ0v) is 18.7. The Labute approximate surface area is 177 Å². The molecule has 0 aliphatic carbocycles. The van der Waals surface area contributed by atoms with Crippen LogP contribution in [0.2, 0.25) is 10.0 Å². The Kier molecular flexibility index (Phi) is 8.13. The van der Waals surface area contributed by atoms with Crippen LogP contribution in [-0.4, -0.2) is 68.6 Å². The fourth-order valence-electron chi connectivity index (χ4n) is 3.37. The van der Waals surface area contributed by atoms with Crippen LogP contribution >= 0.6 is 23.2 Å². The summed E-state index contributed by atoms with van der Waals surface area (Å²) in [5, 5.41) is 4.07. The number of likely N-dealkylation sites (N-methyl/N-ethyl adjacent to an activating group) is 1. The van der Waals surface area contributed by atoms with Crippen LogP contribution in [0.3, 0.4) is 0 Å². The Morgan fingerprint density at radius 1 is 1.18 bits per heavy atom. The van der Waals surface area contributed by atoms with Gasteiger partial charge in [0.25, 0.3) is 11.8 Å². The molecular weight excluding hydrogens is 399 g/mol. The van der Waals surface area contributed by atoms with Gasteiger partial charge in [-0.2, -0.15) is 0 Å². The van der Waals surface area contributed by atoms with Gasteiger partial charge in [-0.05, 0) is 32.9 Å². The van der Waals surface area contributed by atoms with E-state index in [1.165, 1.54) is 4.90 Å². The number of rotatable bonds is 6. The molecule has 0 radical (unpaired) electrons. The minimum Gasteiger partial charge on any atom is -0.347 e. The molecule has 0 saturated carbocycles. The molecule has 2 rings (SSSR count). The molecule has 0 aromatic heterocycles. The SMILES string of the molecule is C[NH+](CC(=O)N1CC[NH+](CC(=O)NC(C)(C)C)CC1)Cc1ccc(Cl)c(Cl)c1. The summed E-state index contributed by atoms with van der Waals surface area (Å²) in [7, 11) is 2.00. The highest BCUT2D eigenvalue weighted by atomic mass is 35.5. The van der Waals surface area contributed by atoms with Crippen molar-refractivity contribution in [2.45, 2.75) is 32.9 Å². The molecule has 0 spiro atoms. The molecule has 28 heavy (non-hydrogen) atoms. The minimum absolute atomic E-state index is 0.0630. The van der Waals surface area contributed by atoms with Gasteiger partial charge in [0.05, 0.1) is 43.3 Å². The lowest BCUT2D eigenvalue weighted by Gasteiger charge is -2.32. The van der Waals surface area contributed by atoms with Crippen molar-refractivity contribution in [1.29, 1.82) is 0 Å². The number of quaternary nitrogens is 2. The van der Waals surface area contributed by atoms with Crippen LogP contribution < -0.4 is 15.1 Å². The Hall–Kier alpha value is -1.34. The molecule has 1 unspecified atom stereocenters. The first kappa shape index (κ1) is 22.9. The van der Waals surface area contributed by atoms with Gasteiger partial charge in [-0.3, -0.25) is 9.59 Å². The first-order chi connectivity index (χ1) is 13.0. The number of benzene rings is 1. The van der Waals surface area contributed by atoms with Crippen molar-refractivity contribution in [3.63, 3.8) is 0 Å². The molecule has 1 aromatic rings. The van der Waals surface area contributed by atoms with Gasteiger partial charge in [-0.25, -0.2) is 0 Å². The Morgan fingerprint density at radius 2 is 1.82 bits per heavy atom. The third-order valence-electron chi connectivity index (χ3n) is 4.69. The van der Waals surface area contributed by atoms with Crippen molar-refractivity contribution in [3.8, 4) is 0 Å². The normalized spacial score (nSPS) is 16.7. The molecule has 3 N–H and O–H groups in total. The van der Waals surface area contributed by atoms with E-state index >= 15 is 0 Å². The zero-order valence-electron chi connectivity index (χ0n) is 17.2. The fourth-order valence-corrected chi connectivity index (χ4v) is 3.69. The second-order valence-electron chi connectivity index (χ2n) is 8.66. The van der Waals surface area contributed by atoms with Crippen LogP contribution in [0.1, 0.15) is 26.3 Å². The molecule has 1 aromatic carbocycles. The molecule has 6 nitrogen and oxygen atoms in total. The van der Waals surface area contributed by atoms with Gasteiger partial charge < -0.3 is 20.0 Å². The number of piperazine rings is 1. The number of hydrogen-bond donors (Lipinski definition) is 3. The maximum atomic E-state index is 12.6. The molecule has 1 aliphatic heterocycles. The summed E-state index contributed by atoms with van der Waals surface area (Å²) in [6.07, 6.45) is 0. The molecule has 2 amide bonds. The summed E-state index contributed by atoms with van der Waals surface area (Å²) >= 11 is 12.0. The van der Waals surface area contributed by atoms with E-state index in [-0.39, 0.29) is 17.4 Å². The first-order valence-corrected chi connectivity index (χ1v) is 10.5. The van der Waals surface area contributed by atoms with Gasteiger partial charge in [-0.1, -0.05) is 29.3 Å². The Balaban J connectivity index is 1.75. The van der Waals surface area contributed by atoms with E-state index < -0.39 is 0 Å². The zero-order chi connectivity index (χ0) is 20.9. The van der Waals surface area contributed by atoms with Crippen molar-refractivity contribution >= 4 is 35.0 Å². The van der Waals surface area contributed by atoms with E-state index in [1.807, 2.05) is 44.9 Å². The van der Waals surface area contributed by atoms with Crippen LogP contribution in [-0.2, 0) is 16.1 Å². The third-order valence-corrected chi connectivity index (χ3v) is 5.43. The number of nitrogens with zero attached hydrogens (tertiary/aromatic N) is 1. The molecule has 8 heteroatoms. The summed E-state index contributed by atoms with van der Waals surface area (Å²) in [6.45, 7) is 10.5. The molecule has 156 valence electrons. The molecule has 1 saturated heterocycles. The van der Waals surface area contributed by atoms with Crippen LogP contribution in [0.25, 0.3) is 0 Å². The summed E-state index contributed by atoms with van der Waals surface area (Å²) in [4.78, 5) is 28.9. The first-order valence-electron chi connectivity index (χ1n) is 9.71. The second-order valence-corrected chi connectivity index (χ2v) is 9.48. The number of halogens is 2. The topological polar surface area (TPSA) is 58.3 Å². The standard InChI is InChI=1S/C20H30Cl2N4O2/c1-20(2,3)23-18(27)13-25-7-9-26(10-8-25)19(28)14-24(4)12-15-5-6-16(21)17(22)11-15/h5-6,11H,7-10,12-14H2,1-4H3,(H,23,27)/p+2. The van der Waals surface area contributed by atoms with E-state index in [2.05, 4.69) is 5.32 Å². The van der Waals surface area contributed by atoms with E-state index in [1.54, 1.807) is 6.07 Å². The third kappa shape index (κ3) is 7.59. The highest BCUT2D eigenvalue weighted by molar-refractivity contribution is 6.42. The largest absolute Gasteiger partial charge is 0.347 e. The number of hydrogen-bond acceptors (Lipinski definition) is 2. The van der Waals surface area contributed by atoms with Crippen molar-refractivity contribution in [1.82, 2.24) is 10.2 Å². The number of amides is 2. The average molecular weight is 431 g/mol. The van der Waals surface area contributed by atoms with Crippen LogP contribution in [0.15, 0.2) is 18.2 Å². The predicted molar refractivity (Wildman–Crippen MR) is 112 cm³/mol. The highest BCUT2D eigenvalue weighted by Crippen LogP contribution is 2.22. The Morgan fingerprint density at radius 3 is 2.39 bits per heavy atom. The molecular formula is C20H32Cl2N4O2+2. The highest BCUT2D eigenvalue weighted by Gasteiger charge is 2.27. The average Bonchev–Trinajstić information content (AvgIpc) is 2.57. The van der Waals surface area contributed by atoms with E-state index in [9.17, 15) is 9.59 Å². The van der Waals surface area contributed by atoms with Gasteiger partial charge in [0.15, 0.2) is 13.1 Å². The lowest BCUT2D eigenvalue weighted by Crippen LogP contribution is -3.16. The van der Waals surface area contributed by atoms with Crippen molar-refractivity contribution < 1.29 is 19.4 Å². The predicted octanol–water partition coefficient (Wildman–Crippen LogP) is -0.350. The fraction of sp³-hybridized carbons (Fsp3) is 0.600. The number of nitrogens with one attached hydrogen (secondary N) is 3. The maximum Gasteiger partial charge on any atom is 0.278 e. The van der Waals surface area contributed by atoms with Gasteiger partial charge >= 0.3 is 0 Å². The Bertz CT molecular complexity index is 698. The quantitative estimate of drug-likeness (QED) is 0.577. The number of carbonyl (C=O) groups is 2. The summed E-state index contributed by atoms with van der Waals surface area (Å²) in [5.41, 5.74) is 0.842. The van der Waals surface area contributed by atoms with E-state index in [4.69, 9.17) is 23.2 Å². The summed E-state index contributed by atoms with van der Waals surface area (Å²) in [6, 6.07) is 5.57. The van der Waals surface area contributed by atoms with Crippen molar-refractivity contribution in [2.24, 2.45) is 0 Å². The van der Waals surface area contributed by atoms with Gasteiger partial charge in [0.1, 0.15) is 6.54 Å². The van der Waals surface area contributed by atoms with Crippen LogP contribution in [0, 0.1) is 0 Å². The van der Waals surface area contributed by atoms with E-state index in [0.29, 0.717) is 42.8 Å². The van der Waals surface area contributed by atoms with Gasteiger partial charge in [-0.15, -0.1) is 0 Å². The monoisotopic (exact) mass is 430 g/mol. The molecule has 0 bridgehead atoms. The van der Waals surface area contributed by atoms with E-state index in [0.717, 1.165) is 23.6 Å². The summed E-state index contributed by atoms with van der Waals surface area (Å²) in [5.74, 6) is 0.212. The van der Waals surface area contributed by atoms with Crippen molar-refractivity contribution in [3.05, 3.63) is 33.8 Å².